The fourth-order valence-corrected chi connectivity index (χ4v) is 4.34. The lowest BCUT2D eigenvalue weighted by molar-refractivity contribution is -1.02. The van der Waals surface area contributed by atoms with Crippen molar-refractivity contribution < 1.29 is 28.4 Å². The number of rotatable bonds is 7. The lowest BCUT2D eigenvalue weighted by Crippen LogP contribution is -3.27. The molecule has 1 fully saturated rings. The number of nitrogens with one attached hydrogen (secondary N) is 2. The van der Waals surface area contributed by atoms with Crippen LogP contribution in [0.25, 0.3) is 11.0 Å². The molecule has 1 aliphatic rings. The molecule has 4 rings (SSSR count). The van der Waals surface area contributed by atoms with Crippen molar-refractivity contribution in [2.24, 2.45) is 0 Å². The molecule has 0 aliphatic carbocycles. The number of benzene rings is 2. The predicted molar refractivity (Wildman–Crippen MR) is 117 cm³/mol. The smallest absolute Gasteiger partial charge is 0.336 e. The van der Waals surface area contributed by atoms with Gasteiger partial charge in [0.2, 0.25) is 0 Å². The van der Waals surface area contributed by atoms with Crippen LogP contribution in [0.2, 0.25) is 0 Å². The number of hydrogen-bond donors (Lipinski definition) is 2. The van der Waals surface area contributed by atoms with E-state index in [1.807, 2.05) is 18.2 Å². The average Bonchev–Trinajstić information content (AvgIpc) is 2.79. The minimum absolute atomic E-state index is 0.312. The van der Waals surface area contributed by atoms with E-state index in [1.165, 1.54) is 10.5 Å². The van der Waals surface area contributed by atoms with Gasteiger partial charge in [-0.2, -0.15) is 0 Å². The summed E-state index contributed by atoms with van der Waals surface area (Å²) in [6.07, 6.45) is 0. The summed E-state index contributed by atoms with van der Waals surface area (Å²) >= 11 is 0. The van der Waals surface area contributed by atoms with E-state index in [0.29, 0.717) is 11.3 Å². The van der Waals surface area contributed by atoms with Gasteiger partial charge in [0, 0.05) is 28.6 Å². The zero-order chi connectivity index (χ0) is 21.8. The Kier molecular flexibility index (Phi) is 6.44. The molecule has 7 nitrogen and oxygen atoms in total. The number of ether oxygens (including phenoxy) is 3. The molecule has 3 aromatic rings. The highest BCUT2D eigenvalue weighted by molar-refractivity contribution is 5.81. The zero-order valence-electron chi connectivity index (χ0n) is 18.3. The molecule has 2 N–H and O–H groups in total. The second kappa shape index (κ2) is 9.41. The van der Waals surface area contributed by atoms with Gasteiger partial charge in [0.05, 0.1) is 21.3 Å². The Labute approximate surface area is 181 Å². The summed E-state index contributed by atoms with van der Waals surface area (Å²) in [5.74, 6) is 2.22. The van der Waals surface area contributed by atoms with Gasteiger partial charge in [-0.15, -0.1) is 0 Å². The van der Waals surface area contributed by atoms with Crippen molar-refractivity contribution in [3.63, 3.8) is 0 Å². The quantitative estimate of drug-likeness (QED) is 0.532. The van der Waals surface area contributed by atoms with Gasteiger partial charge in [0.25, 0.3) is 0 Å². The molecular formula is C24H30N2O5+2. The second-order valence-corrected chi connectivity index (χ2v) is 8.00. The van der Waals surface area contributed by atoms with Crippen LogP contribution in [0, 0.1) is 0 Å². The van der Waals surface area contributed by atoms with E-state index in [1.54, 1.807) is 38.4 Å². The maximum Gasteiger partial charge on any atom is 0.336 e. The normalized spacial score (nSPS) is 18.7. The Balaban J connectivity index is 1.40. The third kappa shape index (κ3) is 4.84. The highest BCUT2D eigenvalue weighted by Crippen LogP contribution is 2.27. The van der Waals surface area contributed by atoms with Crippen molar-refractivity contribution in [3.8, 4) is 17.2 Å². The van der Waals surface area contributed by atoms with E-state index < -0.39 is 0 Å². The summed E-state index contributed by atoms with van der Waals surface area (Å²) in [6.45, 7) is 6.05. The van der Waals surface area contributed by atoms with E-state index in [0.717, 1.165) is 61.7 Å². The molecule has 7 heteroatoms. The molecule has 31 heavy (non-hydrogen) atoms. The molecule has 1 aliphatic heterocycles. The van der Waals surface area contributed by atoms with E-state index in [-0.39, 0.29) is 5.63 Å². The van der Waals surface area contributed by atoms with Gasteiger partial charge in [-0.1, -0.05) is 0 Å². The number of hydrogen-bond acceptors (Lipinski definition) is 5. The van der Waals surface area contributed by atoms with Gasteiger partial charge in [0.1, 0.15) is 50.6 Å². The van der Waals surface area contributed by atoms with Crippen LogP contribution >= 0.6 is 0 Å². The van der Waals surface area contributed by atoms with E-state index in [2.05, 4.69) is 12.1 Å². The van der Waals surface area contributed by atoms with E-state index >= 15 is 0 Å². The van der Waals surface area contributed by atoms with Gasteiger partial charge in [-0.05, 0) is 30.3 Å². The molecule has 2 heterocycles. The monoisotopic (exact) mass is 426 g/mol. The van der Waals surface area contributed by atoms with Gasteiger partial charge < -0.3 is 28.4 Å². The van der Waals surface area contributed by atoms with Crippen LogP contribution < -0.4 is 29.6 Å². The fourth-order valence-electron chi connectivity index (χ4n) is 4.34. The van der Waals surface area contributed by atoms with Crippen LogP contribution in [-0.2, 0) is 13.1 Å². The molecular weight excluding hydrogens is 396 g/mol. The van der Waals surface area contributed by atoms with Gasteiger partial charge in [-0.25, -0.2) is 4.79 Å². The molecule has 0 spiro atoms. The third-order valence-corrected chi connectivity index (χ3v) is 6.04. The van der Waals surface area contributed by atoms with Gasteiger partial charge >= 0.3 is 5.63 Å². The zero-order valence-corrected chi connectivity index (χ0v) is 18.3. The number of quaternary nitrogens is 2. The Hall–Kier alpha value is -3.03. The minimum Gasteiger partial charge on any atom is -0.497 e. The molecule has 1 saturated heterocycles. The third-order valence-electron chi connectivity index (χ3n) is 6.04. The topological polar surface area (TPSA) is 66.8 Å². The van der Waals surface area contributed by atoms with Crippen molar-refractivity contribution in [2.75, 3.05) is 47.5 Å². The Morgan fingerprint density at radius 1 is 0.806 bits per heavy atom. The van der Waals surface area contributed by atoms with E-state index in [4.69, 9.17) is 18.6 Å². The lowest BCUT2D eigenvalue weighted by Gasteiger charge is -2.30. The SMILES string of the molecule is COc1ccc2c(C[NH+]3CC[NH+](Cc4ccc(OC)c(OC)c4)CC3)cc(=O)oc2c1. The van der Waals surface area contributed by atoms with Crippen molar-refractivity contribution in [1.29, 1.82) is 0 Å². The van der Waals surface area contributed by atoms with Crippen molar-refractivity contribution >= 4 is 11.0 Å². The number of piperazine rings is 1. The summed E-state index contributed by atoms with van der Waals surface area (Å²) in [4.78, 5) is 15.1. The molecule has 0 bridgehead atoms. The minimum atomic E-state index is -0.312. The number of methoxy groups -OCH3 is 3. The van der Waals surface area contributed by atoms with Crippen LogP contribution in [0.4, 0.5) is 0 Å². The van der Waals surface area contributed by atoms with Crippen molar-refractivity contribution in [2.45, 2.75) is 13.1 Å². The summed E-state index contributed by atoms with van der Waals surface area (Å²) in [5.41, 5.74) is 2.55. The summed E-state index contributed by atoms with van der Waals surface area (Å²) < 4.78 is 21.4. The molecule has 0 saturated carbocycles. The first-order chi connectivity index (χ1) is 15.1. The molecule has 164 valence electrons. The standard InChI is InChI=1S/C24H28N2O5/c1-28-19-5-6-20-18(13-24(27)31-22(20)14-19)16-26-10-8-25(9-11-26)15-17-4-7-21(29-2)23(12-17)30-3/h4-7,12-14H,8-11,15-16H2,1-3H3/p+2. The van der Waals surface area contributed by atoms with Crippen LogP contribution in [-0.4, -0.2) is 47.5 Å². The van der Waals surface area contributed by atoms with Crippen LogP contribution in [0.1, 0.15) is 11.1 Å². The summed E-state index contributed by atoms with van der Waals surface area (Å²) in [5, 5.41) is 0.980. The molecule has 0 atom stereocenters. The fraction of sp³-hybridized carbons (Fsp3) is 0.375. The van der Waals surface area contributed by atoms with Gasteiger partial charge in [-0.3, -0.25) is 0 Å². The highest BCUT2D eigenvalue weighted by atomic mass is 16.5. The molecule has 2 aromatic carbocycles. The van der Waals surface area contributed by atoms with Crippen molar-refractivity contribution in [1.82, 2.24) is 0 Å². The van der Waals surface area contributed by atoms with Crippen LogP contribution in [0.3, 0.4) is 0 Å². The first-order valence-electron chi connectivity index (χ1n) is 10.6. The maximum absolute atomic E-state index is 12.1. The largest absolute Gasteiger partial charge is 0.497 e. The highest BCUT2D eigenvalue weighted by Gasteiger charge is 2.24. The first kappa shape index (κ1) is 21.2. The predicted octanol–water partition coefficient (Wildman–Crippen LogP) is 0.302. The summed E-state index contributed by atoms with van der Waals surface area (Å²) in [7, 11) is 4.93. The second-order valence-electron chi connectivity index (χ2n) is 8.00. The van der Waals surface area contributed by atoms with Crippen molar-refractivity contribution in [3.05, 3.63) is 64.0 Å². The average molecular weight is 427 g/mol. The van der Waals surface area contributed by atoms with E-state index in [9.17, 15) is 4.79 Å². The Morgan fingerprint density at radius 3 is 2.19 bits per heavy atom. The molecule has 1 aromatic heterocycles. The maximum atomic E-state index is 12.1. The Morgan fingerprint density at radius 2 is 1.52 bits per heavy atom. The number of fused-ring (bicyclic) bond motifs is 1. The van der Waals surface area contributed by atoms with Crippen LogP contribution in [0.15, 0.2) is 51.7 Å². The molecule has 0 unspecified atom stereocenters. The van der Waals surface area contributed by atoms with Gasteiger partial charge in [0.15, 0.2) is 11.5 Å². The van der Waals surface area contributed by atoms with Crippen LogP contribution in [0.5, 0.6) is 17.2 Å². The first-order valence-corrected chi connectivity index (χ1v) is 10.6. The molecule has 0 amide bonds. The summed E-state index contributed by atoms with van der Waals surface area (Å²) in [6, 6.07) is 13.4. The Bertz CT molecular complexity index is 1100. The molecule has 0 radical (unpaired) electrons. The lowest BCUT2D eigenvalue weighted by atomic mass is 10.1.